The van der Waals surface area contributed by atoms with Crippen molar-refractivity contribution in [3.8, 4) is 0 Å². The molecule has 9 heteroatoms. The molecule has 1 unspecified atom stereocenters. The van der Waals surface area contributed by atoms with Crippen molar-refractivity contribution in [3.63, 3.8) is 0 Å². The zero-order valence-corrected chi connectivity index (χ0v) is 23.5. The molecule has 0 saturated carbocycles. The van der Waals surface area contributed by atoms with Crippen molar-refractivity contribution in [3.05, 3.63) is 63.9 Å². The number of aromatic nitrogens is 3. The maximum Gasteiger partial charge on any atom is 0.251 e. The summed E-state index contributed by atoms with van der Waals surface area (Å²) in [5.41, 5.74) is 1.17. The quantitative estimate of drug-likeness (QED) is 0.380. The molecule has 8 nitrogen and oxygen atoms in total. The number of thiophene rings is 1. The average molecular weight is 535 g/mol. The molecule has 1 aromatic carbocycles. The van der Waals surface area contributed by atoms with Gasteiger partial charge in [-0.05, 0) is 68.7 Å². The number of hydrogen-bond donors (Lipinski definition) is 2. The van der Waals surface area contributed by atoms with Gasteiger partial charge in [0.25, 0.3) is 5.91 Å². The number of nitrogens with one attached hydrogen (secondary N) is 2. The molecule has 2 aliphatic heterocycles. The van der Waals surface area contributed by atoms with Crippen LogP contribution in [0, 0.1) is 6.92 Å². The average Bonchev–Trinajstić information content (AvgIpc) is 3.60. The lowest BCUT2D eigenvalue weighted by Crippen LogP contribution is -2.45. The third kappa shape index (κ3) is 5.68. The van der Waals surface area contributed by atoms with Gasteiger partial charge in [0.2, 0.25) is 5.91 Å². The number of aryl methyl sites for hydroxylation is 1. The van der Waals surface area contributed by atoms with Gasteiger partial charge in [-0.2, -0.15) is 0 Å². The third-order valence-electron chi connectivity index (χ3n) is 7.95. The van der Waals surface area contributed by atoms with Gasteiger partial charge in [-0.3, -0.25) is 14.5 Å². The summed E-state index contributed by atoms with van der Waals surface area (Å²) >= 11 is 1.68. The molecule has 0 radical (unpaired) electrons. The predicted octanol–water partition coefficient (Wildman–Crippen LogP) is 5.46. The summed E-state index contributed by atoms with van der Waals surface area (Å²) in [7, 11) is 0. The topological polar surface area (TPSA) is 92.2 Å². The van der Waals surface area contributed by atoms with E-state index in [4.69, 9.17) is 0 Å². The molecule has 3 aromatic rings. The Morgan fingerprint density at radius 1 is 1.08 bits per heavy atom. The molecule has 2 saturated heterocycles. The third-order valence-corrected chi connectivity index (χ3v) is 8.93. The summed E-state index contributed by atoms with van der Waals surface area (Å²) in [5.74, 6) is 2.21. The van der Waals surface area contributed by atoms with Crippen LogP contribution < -0.4 is 10.6 Å². The first-order valence-electron chi connectivity index (χ1n) is 13.7. The molecule has 4 atom stereocenters. The number of amides is 2. The summed E-state index contributed by atoms with van der Waals surface area (Å²) < 4.78 is 2.40. The van der Waals surface area contributed by atoms with Crippen molar-refractivity contribution >= 4 is 28.8 Å². The van der Waals surface area contributed by atoms with Crippen LogP contribution in [0.4, 0.5) is 5.69 Å². The van der Waals surface area contributed by atoms with Crippen molar-refractivity contribution in [2.45, 2.75) is 89.9 Å². The van der Waals surface area contributed by atoms with Gasteiger partial charge in [0.1, 0.15) is 11.6 Å². The van der Waals surface area contributed by atoms with E-state index in [9.17, 15) is 9.59 Å². The zero-order valence-electron chi connectivity index (χ0n) is 22.7. The Morgan fingerprint density at radius 2 is 1.84 bits per heavy atom. The van der Waals surface area contributed by atoms with Gasteiger partial charge in [0.05, 0.1) is 6.04 Å². The number of carbonyl (C=O) groups is 2. The Labute approximate surface area is 228 Å². The summed E-state index contributed by atoms with van der Waals surface area (Å²) in [6.45, 7) is 8.88. The number of hydrogen-bond acceptors (Lipinski definition) is 6. The fourth-order valence-electron chi connectivity index (χ4n) is 6.29. The predicted molar refractivity (Wildman–Crippen MR) is 151 cm³/mol. The van der Waals surface area contributed by atoms with Crippen molar-refractivity contribution in [1.29, 1.82) is 0 Å². The van der Waals surface area contributed by atoms with Gasteiger partial charge >= 0.3 is 0 Å². The molecule has 2 N–H and O–H groups in total. The molecular weight excluding hydrogens is 496 g/mol. The molecule has 2 amide bonds. The molecule has 202 valence electrons. The van der Waals surface area contributed by atoms with E-state index in [0.29, 0.717) is 35.3 Å². The Bertz CT molecular complexity index is 1260. The Balaban J connectivity index is 1.26. The highest BCUT2D eigenvalue weighted by molar-refractivity contribution is 7.10. The number of nitrogens with zero attached hydrogens (tertiary/aromatic N) is 4. The smallest absolute Gasteiger partial charge is 0.251 e. The van der Waals surface area contributed by atoms with Crippen LogP contribution in [0.2, 0.25) is 0 Å². The lowest BCUT2D eigenvalue weighted by Gasteiger charge is -2.40. The number of rotatable bonds is 9. The number of anilines is 1. The number of piperidine rings is 1. The molecule has 2 aromatic heterocycles. The van der Waals surface area contributed by atoms with Gasteiger partial charge in [-0.1, -0.05) is 26.0 Å². The van der Waals surface area contributed by atoms with E-state index in [1.807, 2.05) is 6.07 Å². The van der Waals surface area contributed by atoms with Crippen molar-refractivity contribution in [1.82, 2.24) is 25.0 Å². The second kappa shape index (κ2) is 11.4. The lowest BCUT2D eigenvalue weighted by atomic mass is 9.95. The molecular formula is C29H38N6O2S. The van der Waals surface area contributed by atoms with Crippen LogP contribution in [-0.2, 0) is 4.79 Å². The standard InChI is InChI=1S/C29H38N6O2S/c1-18(2)28-33-32-19(3)35(28)25-16-23-10-11-24(17-25)34(23)13-12-26(27-9-6-14-38-27)31-29(37)21-7-5-8-22(15-21)30-20(4)36/h5-9,14-15,18,23-26H,10-13,16-17H2,1-4H3,(H,30,36)(H,31,37)/t23-,24+,25?,26-/m0/s1. The largest absolute Gasteiger partial charge is 0.344 e. The maximum absolute atomic E-state index is 13.2. The van der Waals surface area contributed by atoms with E-state index in [0.717, 1.165) is 37.5 Å². The summed E-state index contributed by atoms with van der Waals surface area (Å²) in [6, 6.07) is 12.7. The highest BCUT2D eigenvalue weighted by atomic mass is 32.1. The first-order valence-corrected chi connectivity index (χ1v) is 14.6. The Morgan fingerprint density at radius 3 is 2.50 bits per heavy atom. The molecule has 0 spiro atoms. The van der Waals surface area contributed by atoms with E-state index in [1.165, 1.54) is 24.6 Å². The van der Waals surface area contributed by atoms with E-state index in [2.05, 4.69) is 62.5 Å². The highest BCUT2D eigenvalue weighted by Crippen LogP contribution is 2.42. The van der Waals surface area contributed by atoms with Crippen LogP contribution in [0.25, 0.3) is 0 Å². The summed E-state index contributed by atoms with van der Waals surface area (Å²) in [5, 5.41) is 17.0. The SMILES string of the molecule is CC(=O)Nc1cccc(C(=O)N[C@@H](CCN2[C@@H]3CC[C@H]2CC(n2c(C)nnc2C(C)C)C3)c2cccs2)c1. The maximum atomic E-state index is 13.2. The van der Waals surface area contributed by atoms with Crippen LogP contribution >= 0.6 is 11.3 Å². The first-order chi connectivity index (χ1) is 18.3. The number of fused-ring (bicyclic) bond motifs is 2. The molecule has 38 heavy (non-hydrogen) atoms. The van der Waals surface area contributed by atoms with Crippen molar-refractivity contribution in [2.75, 3.05) is 11.9 Å². The summed E-state index contributed by atoms with van der Waals surface area (Å²) in [4.78, 5) is 28.5. The van der Waals surface area contributed by atoms with Crippen LogP contribution in [0.1, 0.15) is 97.8 Å². The van der Waals surface area contributed by atoms with Crippen LogP contribution in [-0.4, -0.2) is 50.1 Å². The molecule has 2 bridgehead atoms. The van der Waals surface area contributed by atoms with Crippen LogP contribution in [0.15, 0.2) is 41.8 Å². The van der Waals surface area contributed by atoms with Gasteiger partial charge in [-0.25, -0.2) is 0 Å². The van der Waals surface area contributed by atoms with Gasteiger partial charge in [0, 0.05) is 53.6 Å². The van der Waals surface area contributed by atoms with Crippen LogP contribution in [0.3, 0.4) is 0 Å². The molecule has 5 rings (SSSR count). The van der Waals surface area contributed by atoms with E-state index >= 15 is 0 Å². The van der Waals surface area contributed by atoms with Crippen molar-refractivity contribution < 1.29 is 9.59 Å². The fraction of sp³-hybridized carbons (Fsp3) is 0.517. The van der Waals surface area contributed by atoms with Crippen molar-refractivity contribution in [2.24, 2.45) is 0 Å². The van der Waals surface area contributed by atoms with Crippen LogP contribution in [0.5, 0.6) is 0 Å². The minimum absolute atomic E-state index is 0.0586. The van der Waals surface area contributed by atoms with E-state index in [1.54, 1.807) is 35.6 Å². The summed E-state index contributed by atoms with van der Waals surface area (Å²) in [6.07, 6.45) is 5.57. The molecule has 2 aliphatic rings. The Kier molecular flexibility index (Phi) is 7.95. The second-order valence-corrected chi connectivity index (χ2v) is 11.9. The van der Waals surface area contributed by atoms with E-state index < -0.39 is 0 Å². The fourth-order valence-corrected chi connectivity index (χ4v) is 7.10. The monoisotopic (exact) mass is 534 g/mol. The minimum atomic E-state index is -0.155. The Hall–Kier alpha value is -3.04. The van der Waals surface area contributed by atoms with Gasteiger partial charge < -0.3 is 15.2 Å². The normalized spacial score (nSPS) is 22.0. The van der Waals surface area contributed by atoms with Gasteiger partial charge in [0.15, 0.2) is 0 Å². The molecule has 4 heterocycles. The number of carbonyl (C=O) groups excluding carboxylic acids is 2. The zero-order chi connectivity index (χ0) is 26.8. The van der Waals surface area contributed by atoms with E-state index in [-0.39, 0.29) is 17.9 Å². The second-order valence-electron chi connectivity index (χ2n) is 11.0. The highest BCUT2D eigenvalue weighted by Gasteiger charge is 2.42. The minimum Gasteiger partial charge on any atom is -0.344 e. The molecule has 2 fully saturated rings. The first kappa shape index (κ1) is 26.6. The molecule has 0 aliphatic carbocycles. The lowest BCUT2D eigenvalue weighted by molar-refractivity contribution is -0.114. The number of benzene rings is 1. The van der Waals surface area contributed by atoms with Gasteiger partial charge in [-0.15, -0.1) is 21.5 Å².